The SMILES string of the molecule is CC(=O)Nc1nonc1NC(=O)c1nc2cc(C)ccn2c1F. The van der Waals surface area contributed by atoms with Gasteiger partial charge >= 0.3 is 0 Å². The summed E-state index contributed by atoms with van der Waals surface area (Å²) in [6.45, 7) is 3.08. The molecule has 3 aromatic rings. The van der Waals surface area contributed by atoms with Crippen LogP contribution in [0.4, 0.5) is 16.0 Å². The smallest absolute Gasteiger partial charge is 0.280 e. The average molecular weight is 318 g/mol. The van der Waals surface area contributed by atoms with Gasteiger partial charge in [0.25, 0.3) is 5.91 Å². The second-order valence-corrected chi connectivity index (χ2v) is 4.78. The highest BCUT2D eigenvalue weighted by Crippen LogP contribution is 2.18. The molecule has 0 unspecified atom stereocenters. The van der Waals surface area contributed by atoms with Gasteiger partial charge in [0.15, 0.2) is 5.69 Å². The number of aryl methyl sites for hydroxylation is 1. The fraction of sp³-hybridized carbons (Fsp3) is 0.154. The highest BCUT2D eigenvalue weighted by atomic mass is 19.1. The number of carbonyl (C=O) groups excluding carboxylic acids is 2. The molecule has 0 saturated carbocycles. The van der Waals surface area contributed by atoms with Crippen LogP contribution in [0.15, 0.2) is 23.0 Å². The average Bonchev–Trinajstić information content (AvgIpc) is 3.03. The molecule has 3 rings (SSSR count). The molecule has 0 fully saturated rings. The molecule has 9 nitrogen and oxygen atoms in total. The zero-order valence-corrected chi connectivity index (χ0v) is 12.1. The minimum Gasteiger partial charge on any atom is -0.305 e. The van der Waals surface area contributed by atoms with Gasteiger partial charge in [-0.1, -0.05) is 0 Å². The number of fused-ring (bicyclic) bond motifs is 1. The molecule has 2 amide bonds. The zero-order chi connectivity index (χ0) is 16.6. The third-order valence-corrected chi connectivity index (χ3v) is 2.95. The van der Waals surface area contributed by atoms with Crippen LogP contribution in [0.1, 0.15) is 23.0 Å². The van der Waals surface area contributed by atoms with E-state index in [0.717, 1.165) is 9.96 Å². The van der Waals surface area contributed by atoms with Crippen LogP contribution in [-0.4, -0.2) is 31.5 Å². The van der Waals surface area contributed by atoms with Crippen molar-refractivity contribution in [1.29, 1.82) is 0 Å². The van der Waals surface area contributed by atoms with E-state index in [4.69, 9.17) is 0 Å². The number of hydrogen-bond acceptors (Lipinski definition) is 6. The maximum atomic E-state index is 14.3. The summed E-state index contributed by atoms with van der Waals surface area (Å²) in [5, 5.41) is 11.5. The normalized spacial score (nSPS) is 10.7. The van der Waals surface area contributed by atoms with Crippen LogP contribution in [0, 0.1) is 12.9 Å². The Kier molecular flexibility index (Phi) is 3.48. The van der Waals surface area contributed by atoms with Crippen LogP contribution in [0.25, 0.3) is 5.65 Å². The van der Waals surface area contributed by atoms with E-state index in [1.165, 1.54) is 13.1 Å². The molecule has 0 atom stereocenters. The molecule has 0 aliphatic carbocycles. The van der Waals surface area contributed by atoms with Gasteiger partial charge in [-0.2, -0.15) is 4.39 Å². The Bertz CT molecular complexity index is 916. The number of pyridine rings is 1. The van der Waals surface area contributed by atoms with Crippen molar-refractivity contribution in [2.24, 2.45) is 0 Å². The monoisotopic (exact) mass is 318 g/mol. The first-order chi connectivity index (χ1) is 11.0. The molecule has 0 aliphatic rings. The van der Waals surface area contributed by atoms with Gasteiger partial charge in [0.05, 0.1) is 0 Å². The van der Waals surface area contributed by atoms with E-state index in [1.54, 1.807) is 12.1 Å². The molecular weight excluding hydrogens is 307 g/mol. The van der Waals surface area contributed by atoms with Crippen LogP contribution in [0.2, 0.25) is 0 Å². The number of nitrogens with zero attached hydrogens (tertiary/aromatic N) is 4. The summed E-state index contributed by atoms with van der Waals surface area (Å²) in [4.78, 5) is 27.1. The summed E-state index contributed by atoms with van der Waals surface area (Å²) in [6, 6.07) is 3.33. The van der Waals surface area contributed by atoms with Crippen LogP contribution in [0.3, 0.4) is 0 Å². The summed E-state index contributed by atoms with van der Waals surface area (Å²) >= 11 is 0. The zero-order valence-electron chi connectivity index (χ0n) is 12.1. The Morgan fingerprint density at radius 1 is 1.26 bits per heavy atom. The highest BCUT2D eigenvalue weighted by molar-refractivity contribution is 6.05. The summed E-state index contributed by atoms with van der Waals surface area (Å²) < 4.78 is 19.9. The first-order valence-electron chi connectivity index (χ1n) is 6.51. The Labute approximate surface area is 128 Å². The number of aromatic nitrogens is 4. The fourth-order valence-electron chi connectivity index (χ4n) is 1.95. The van der Waals surface area contributed by atoms with E-state index in [0.29, 0.717) is 5.65 Å². The third kappa shape index (κ3) is 2.73. The van der Waals surface area contributed by atoms with Crippen molar-refractivity contribution in [3.05, 3.63) is 35.5 Å². The lowest BCUT2D eigenvalue weighted by Crippen LogP contribution is -2.16. The lowest BCUT2D eigenvalue weighted by atomic mass is 10.3. The number of hydrogen-bond donors (Lipinski definition) is 2. The van der Waals surface area contributed by atoms with E-state index < -0.39 is 23.5 Å². The summed E-state index contributed by atoms with van der Waals surface area (Å²) in [7, 11) is 0. The van der Waals surface area contributed by atoms with Crippen LogP contribution >= 0.6 is 0 Å². The van der Waals surface area contributed by atoms with Gasteiger partial charge in [-0.15, -0.1) is 0 Å². The molecule has 23 heavy (non-hydrogen) atoms. The van der Waals surface area contributed by atoms with E-state index in [-0.39, 0.29) is 11.6 Å². The Balaban J connectivity index is 1.91. The number of halogens is 1. The number of carbonyl (C=O) groups is 2. The summed E-state index contributed by atoms with van der Waals surface area (Å²) in [5.74, 6) is -2.30. The van der Waals surface area contributed by atoms with E-state index in [9.17, 15) is 14.0 Å². The topological polar surface area (TPSA) is 114 Å². The minimum atomic E-state index is -0.842. The Hall–Kier alpha value is -3.30. The molecule has 0 aromatic carbocycles. The van der Waals surface area contributed by atoms with Gasteiger partial charge in [-0.25, -0.2) is 9.61 Å². The largest absolute Gasteiger partial charge is 0.305 e. The second kappa shape index (κ2) is 5.48. The molecule has 0 saturated heterocycles. The van der Waals surface area contributed by atoms with Gasteiger partial charge in [-0.05, 0) is 34.9 Å². The van der Waals surface area contributed by atoms with Crippen molar-refractivity contribution in [2.75, 3.05) is 10.6 Å². The maximum Gasteiger partial charge on any atom is 0.280 e. The quantitative estimate of drug-likeness (QED) is 0.754. The van der Waals surface area contributed by atoms with Gasteiger partial charge in [0, 0.05) is 13.1 Å². The number of amides is 2. The molecule has 2 N–H and O–H groups in total. The number of nitrogens with one attached hydrogen (secondary N) is 2. The van der Waals surface area contributed by atoms with Gasteiger partial charge in [0.1, 0.15) is 5.65 Å². The molecule has 0 aliphatic heterocycles. The molecule has 0 spiro atoms. The van der Waals surface area contributed by atoms with Crippen molar-refractivity contribution in [3.8, 4) is 0 Å². The molecule has 0 bridgehead atoms. The lowest BCUT2D eigenvalue weighted by molar-refractivity contribution is -0.114. The molecule has 3 aromatic heterocycles. The van der Waals surface area contributed by atoms with Crippen LogP contribution in [-0.2, 0) is 4.79 Å². The molecule has 10 heteroatoms. The summed E-state index contributed by atoms with van der Waals surface area (Å²) in [5.41, 5.74) is 0.767. The third-order valence-electron chi connectivity index (χ3n) is 2.95. The second-order valence-electron chi connectivity index (χ2n) is 4.78. The molecular formula is C13H11FN6O3. The van der Waals surface area contributed by atoms with Crippen molar-refractivity contribution >= 4 is 29.1 Å². The number of anilines is 2. The maximum absolute atomic E-state index is 14.3. The van der Waals surface area contributed by atoms with Gasteiger partial charge < -0.3 is 5.32 Å². The van der Waals surface area contributed by atoms with Crippen molar-refractivity contribution in [2.45, 2.75) is 13.8 Å². The van der Waals surface area contributed by atoms with Crippen molar-refractivity contribution < 1.29 is 18.6 Å². The Morgan fingerprint density at radius 2 is 1.96 bits per heavy atom. The summed E-state index contributed by atoms with van der Waals surface area (Å²) in [6.07, 6.45) is 1.48. The Morgan fingerprint density at radius 3 is 2.65 bits per heavy atom. The predicted octanol–water partition coefficient (Wildman–Crippen LogP) is 1.38. The van der Waals surface area contributed by atoms with E-state index in [1.807, 2.05) is 6.92 Å². The van der Waals surface area contributed by atoms with Crippen LogP contribution < -0.4 is 10.6 Å². The fourth-order valence-corrected chi connectivity index (χ4v) is 1.95. The minimum absolute atomic E-state index is 0.0779. The van der Waals surface area contributed by atoms with E-state index >= 15 is 0 Å². The predicted molar refractivity (Wildman–Crippen MR) is 76.4 cm³/mol. The number of rotatable bonds is 3. The van der Waals surface area contributed by atoms with Gasteiger partial charge in [-0.3, -0.25) is 19.3 Å². The molecule has 118 valence electrons. The van der Waals surface area contributed by atoms with Crippen molar-refractivity contribution in [1.82, 2.24) is 19.7 Å². The van der Waals surface area contributed by atoms with Crippen molar-refractivity contribution in [3.63, 3.8) is 0 Å². The number of imidazole rings is 1. The standard InChI is InChI=1S/C13H11FN6O3/c1-6-3-4-20-8(5-6)16-9(10(20)14)13(22)17-12-11(15-7(2)21)18-23-19-12/h3-5H,1-2H3,(H,15,18,21)(H,17,19,22). The molecule has 3 heterocycles. The van der Waals surface area contributed by atoms with Crippen LogP contribution in [0.5, 0.6) is 0 Å². The first-order valence-corrected chi connectivity index (χ1v) is 6.51. The van der Waals surface area contributed by atoms with E-state index in [2.05, 4.69) is 30.6 Å². The molecule has 0 radical (unpaired) electrons. The lowest BCUT2D eigenvalue weighted by Gasteiger charge is -2.00. The first kappa shape index (κ1) is 14.6. The highest BCUT2D eigenvalue weighted by Gasteiger charge is 2.22. The van der Waals surface area contributed by atoms with Gasteiger partial charge in [0.2, 0.25) is 23.5 Å².